The highest BCUT2D eigenvalue weighted by Crippen LogP contribution is 2.39. The van der Waals surface area contributed by atoms with Crippen molar-refractivity contribution in [2.24, 2.45) is 0 Å². The van der Waals surface area contributed by atoms with Gasteiger partial charge in [-0.15, -0.1) is 0 Å². The van der Waals surface area contributed by atoms with Crippen molar-refractivity contribution in [3.05, 3.63) is 48.6 Å². The average molecular weight is 241 g/mol. The van der Waals surface area contributed by atoms with E-state index < -0.39 is 8.07 Å². The molecule has 88 valence electrons. The van der Waals surface area contributed by atoms with Crippen LogP contribution in [0.5, 0.6) is 0 Å². The van der Waals surface area contributed by atoms with E-state index in [-0.39, 0.29) is 0 Å². The highest BCUT2D eigenvalue weighted by molar-refractivity contribution is 6.93. The molecule has 2 aliphatic rings. The van der Waals surface area contributed by atoms with Crippen molar-refractivity contribution in [3.8, 4) is 0 Å². The SMILES string of the molecule is CN1c2ccccc2[Si](C)(C)C2C=CC=CC21. The fraction of sp³-hybridized carbons (Fsp3) is 0.333. The summed E-state index contributed by atoms with van der Waals surface area (Å²) in [7, 11) is 0.831. The van der Waals surface area contributed by atoms with Gasteiger partial charge in [0.15, 0.2) is 0 Å². The van der Waals surface area contributed by atoms with Gasteiger partial charge in [0.05, 0.1) is 14.1 Å². The van der Waals surface area contributed by atoms with Gasteiger partial charge in [-0.2, -0.15) is 0 Å². The topological polar surface area (TPSA) is 3.24 Å². The zero-order valence-electron chi connectivity index (χ0n) is 10.7. The molecule has 0 spiro atoms. The van der Waals surface area contributed by atoms with Crippen molar-refractivity contribution < 1.29 is 0 Å². The molecule has 1 aromatic rings. The molecule has 1 heterocycles. The first kappa shape index (κ1) is 10.8. The maximum absolute atomic E-state index is 2.50. The predicted octanol–water partition coefficient (Wildman–Crippen LogP) is 2.92. The number of likely N-dealkylation sites (N-methyl/N-ethyl adjacent to an activating group) is 1. The maximum Gasteiger partial charge on any atom is 0.0926 e. The molecule has 0 saturated heterocycles. The first-order valence-corrected chi connectivity index (χ1v) is 9.37. The third kappa shape index (κ3) is 1.44. The molecule has 0 radical (unpaired) electrons. The van der Waals surface area contributed by atoms with Crippen LogP contribution in [-0.2, 0) is 0 Å². The molecule has 0 saturated carbocycles. The van der Waals surface area contributed by atoms with Crippen molar-refractivity contribution in [2.75, 3.05) is 11.9 Å². The standard InChI is InChI=1S/C15H19NSi/c1-16-12-8-4-6-10-14(12)17(2,3)15-11-7-5-9-13(15)16/h4-12,14H,1-3H3. The summed E-state index contributed by atoms with van der Waals surface area (Å²) in [4.78, 5) is 2.44. The van der Waals surface area contributed by atoms with Crippen LogP contribution in [0.2, 0.25) is 18.6 Å². The van der Waals surface area contributed by atoms with Gasteiger partial charge < -0.3 is 4.90 Å². The summed E-state index contributed by atoms with van der Waals surface area (Å²) in [5.41, 5.74) is 2.14. The summed E-state index contributed by atoms with van der Waals surface area (Å²) in [6, 6.07) is 9.50. The number of hydrogen-bond acceptors (Lipinski definition) is 1. The monoisotopic (exact) mass is 241 g/mol. The summed E-state index contributed by atoms with van der Waals surface area (Å²) in [6.07, 6.45) is 9.19. The van der Waals surface area contributed by atoms with Gasteiger partial charge in [0, 0.05) is 18.3 Å². The third-order valence-corrected chi connectivity index (χ3v) is 8.38. The van der Waals surface area contributed by atoms with Gasteiger partial charge >= 0.3 is 0 Å². The Hall–Kier alpha value is -1.28. The molecule has 0 fully saturated rings. The molecule has 0 amide bonds. The minimum absolute atomic E-state index is 0.552. The van der Waals surface area contributed by atoms with E-state index >= 15 is 0 Å². The van der Waals surface area contributed by atoms with Crippen LogP contribution in [0.25, 0.3) is 0 Å². The molecule has 3 rings (SSSR count). The summed E-state index contributed by atoms with van der Waals surface area (Å²) in [5, 5.41) is 1.60. The normalized spacial score (nSPS) is 28.8. The summed E-state index contributed by atoms with van der Waals surface area (Å²) < 4.78 is 0. The number of para-hydroxylation sites is 1. The van der Waals surface area contributed by atoms with Crippen molar-refractivity contribution in [2.45, 2.75) is 24.7 Å². The van der Waals surface area contributed by atoms with Crippen LogP contribution in [0.15, 0.2) is 48.6 Å². The van der Waals surface area contributed by atoms with Gasteiger partial charge in [-0.05, 0) is 11.3 Å². The Morgan fingerprint density at radius 2 is 1.76 bits per heavy atom. The van der Waals surface area contributed by atoms with Crippen LogP contribution in [-0.4, -0.2) is 21.2 Å². The van der Waals surface area contributed by atoms with E-state index in [4.69, 9.17) is 0 Å². The van der Waals surface area contributed by atoms with Gasteiger partial charge in [-0.25, -0.2) is 0 Å². The lowest BCUT2D eigenvalue weighted by atomic mass is 10.1. The molecule has 1 aromatic carbocycles. The lowest BCUT2D eigenvalue weighted by Gasteiger charge is -2.48. The van der Waals surface area contributed by atoms with E-state index in [1.807, 2.05) is 0 Å². The van der Waals surface area contributed by atoms with E-state index in [2.05, 4.69) is 73.6 Å². The number of nitrogens with zero attached hydrogens (tertiary/aromatic N) is 1. The van der Waals surface area contributed by atoms with Gasteiger partial charge in [0.1, 0.15) is 0 Å². The van der Waals surface area contributed by atoms with Crippen LogP contribution in [0.4, 0.5) is 5.69 Å². The van der Waals surface area contributed by atoms with Crippen LogP contribution in [0.3, 0.4) is 0 Å². The number of anilines is 1. The molecule has 1 nitrogen and oxygen atoms in total. The quantitative estimate of drug-likeness (QED) is 0.631. The molecular weight excluding hydrogens is 222 g/mol. The molecular formula is C15H19NSi. The van der Waals surface area contributed by atoms with E-state index in [1.54, 1.807) is 5.19 Å². The lowest BCUT2D eigenvalue weighted by molar-refractivity contribution is 0.726. The van der Waals surface area contributed by atoms with Gasteiger partial charge in [0.25, 0.3) is 0 Å². The third-order valence-electron chi connectivity index (χ3n) is 4.36. The Labute approximate surface area is 104 Å². The Kier molecular flexibility index (Phi) is 2.30. The number of benzene rings is 1. The van der Waals surface area contributed by atoms with E-state index in [1.165, 1.54) is 5.69 Å². The second kappa shape index (κ2) is 3.60. The van der Waals surface area contributed by atoms with Crippen LogP contribution >= 0.6 is 0 Å². The second-order valence-corrected chi connectivity index (χ2v) is 10.3. The fourth-order valence-electron chi connectivity index (χ4n) is 3.30. The van der Waals surface area contributed by atoms with Crippen LogP contribution < -0.4 is 10.1 Å². The number of rotatable bonds is 0. The molecule has 2 heteroatoms. The van der Waals surface area contributed by atoms with Crippen molar-refractivity contribution in [3.63, 3.8) is 0 Å². The van der Waals surface area contributed by atoms with E-state index in [0.717, 1.165) is 0 Å². The summed E-state index contributed by atoms with van der Waals surface area (Å²) in [5.74, 6) is 0. The Bertz CT molecular complexity index is 501. The number of allylic oxidation sites excluding steroid dienone is 2. The molecule has 0 N–H and O–H groups in total. The largest absolute Gasteiger partial charge is 0.368 e. The van der Waals surface area contributed by atoms with Crippen molar-refractivity contribution in [1.82, 2.24) is 0 Å². The number of hydrogen-bond donors (Lipinski definition) is 0. The van der Waals surface area contributed by atoms with Gasteiger partial charge in [-0.3, -0.25) is 0 Å². The molecule has 1 aliphatic heterocycles. The minimum Gasteiger partial charge on any atom is -0.368 e. The highest BCUT2D eigenvalue weighted by Gasteiger charge is 2.44. The van der Waals surface area contributed by atoms with E-state index in [0.29, 0.717) is 11.6 Å². The maximum atomic E-state index is 2.50. The Balaban J connectivity index is 2.21. The predicted molar refractivity (Wildman–Crippen MR) is 77.8 cm³/mol. The van der Waals surface area contributed by atoms with Crippen molar-refractivity contribution in [1.29, 1.82) is 0 Å². The minimum atomic E-state index is -1.39. The molecule has 17 heavy (non-hydrogen) atoms. The second-order valence-electron chi connectivity index (χ2n) is 5.64. The van der Waals surface area contributed by atoms with Crippen LogP contribution in [0.1, 0.15) is 0 Å². The summed E-state index contributed by atoms with van der Waals surface area (Å²) in [6.45, 7) is 5.00. The smallest absolute Gasteiger partial charge is 0.0926 e. The Morgan fingerprint density at radius 1 is 1.06 bits per heavy atom. The molecule has 0 bridgehead atoms. The highest BCUT2D eigenvalue weighted by atomic mass is 28.3. The van der Waals surface area contributed by atoms with Gasteiger partial charge in [-0.1, -0.05) is 55.6 Å². The fourth-order valence-corrected chi connectivity index (χ4v) is 6.88. The van der Waals surface area contributed by atoms with Crippen LogP contribution in [0, 0.1) is 0 Å². The summed E-state index contributed by atoms with van der Waals surface area (Å²) >= 11 is 0. The van der Waals surface area contributed by atoms with Gasteiger partial charge in [0.2, 0.25) is 0 Å². The first-order valence-electron chi connectivity index (χ1n) is 6.30. The Morgan fingerprint density at radius 3 is 2.59 bits per heavy atom. The van der Waals surface area contributed by atoms with E-state index in [9.17, 15) is 0 Å². The lowest BCUT2D eigenvalue weighted by Crippen LogP contribution is -2.59. The molecule has 2 unspecified atom stereocenters. The first-order chi connectivity index (χ1) is 8.12. The molecule has 2 atom stereocenters. The average Bonchev–Trinajstić information content (AvgIpc) is 2.37. The van der Waals surface area contributed by atoms with Crippen molar-refractivity contribution >= 4 is 18.9 Å². The molecule has 0 aromatic heterocycles. The zero-order chi connectivity index (χ0) is 12.0. The number of fused-ring (bicyclic) bond motifs is 2. The zero-order valence-corrected chi connectivity index (χ0v) is 11.7. The molecule has 1 aliphatic carbocycles.